The molecule has 6 nitrogen and oxygen atoms in total. The van der Waals surface area contributed by atoms with Crippen LogP contribution in [0.3, 0.4) is 0 Å². The molecule has 0 unspecified atom stereocenters. The first-order valence-corrected chi connectivity index (χ1v) is 9.87. The van der Waals surface area contributed by atoms with Crippen LogP contribution < -0.4 is 10.2 Å². The maximum atomic E-state index is 13.0. The molecule has 0 saturated heterocycles. The third-order valence-corrected chi connectivity index (χ3v) is 4.61. The normalized spacial score (nSPS) is 10.8. The van der Waals surface area contributed by atoms with Crippen molar-refractivity contribution in [3.8, 4) is 5.75 Å². The lowest BCUT2D eigenvalue weighted by atomic mass is 10.1. The van der Waals surface area contributed by atoms with Crippen molar-refractivity contribution in [1.29, 1.82) is 0 Å². The van der Waals surface area contributed by atoms with Gasteiger partial charge in [-0.15, -0.1) is 11.3 Å². The summed E-state index contributed by atoms with van der Waals surface area (Å²) in [6.45, 7) is 2.45. The van der Waals surface area contributed by atoms with Gasteiger partial charge in [-0.05, 0) is 36.8 Å². The van der Waals surface area contributed by atoms with Crippen LogP contribution in [-0.4, -0.2) is 23.8 Å². The van der Waals surface area contributed by atoms with Crippen molar-refractivity contribution < 1.29 is 18.7 Å². The average Bonchev–Trinajstić information content (AvgIpc) is 3.15. The highest BCUT2D eigenvalue weighted by molar-refractivity contribution is 7.13. The van der Waals surface area contributed by atoms with Crippen LogP contribution in [0.1, 0.15) is 23.7 Å². The van der Waals surface area contributed by atoms with Gasteiger partial charge in [-0.3, -0.25) is 10.2 Å². The van der Waals surface area contributed by atoms with Crippen molar-refractivity contribution in [2.24, 2.45) is 5.10 Å². The van der Waals surface area contributed by atoms with Crippen molar-refractivity contribution in [2.75, 3.05) is 12.0 Å². The van der Waals surface area contributed by atoms with Gasteiger partial charge in [-0.2, -0.15) is 5.10 Å². The molecule has 0 fully saturated rings. The van der Waals surface area contributed by atoms with Crippen LogP contribution in [0, 0.1) is 5.82 Å². The zero-order chi connectivity index (χ0) is 20.5. The molecule has 0 aliphatic heterocycles. The van der Waals surface area contributed by atoms with Crippen LogP contribution >= 0.6 is 11.3 Å². The highest BCUT2D eigenvalue weighted by Crippen LogP contribution is 2.17. The number of nitrogens with zero attached hydrogens (tertiary/aromatic N) is 2. The SMILES string of the molecule is CCOC(=O)Cc1csc(NN=Cc2ccccc2COc2ccc(F)cc2)n1. The molecular formula is C21H20FN3O3S. The molecule has 29 heavy (non-hydrogen) atoms. The maximum Gasteiger partial charge on any atom is 0.311 e. The molecule has 1 N–H and O–H groups in total. The smallest absolute Gasteiger partial charge is 0.311 e. The third-order valence-electron chi connectivity index (χ3n) is 3.81. The Morgan fingerprint density at radius 3 is 2.83 bits per heavy atom. The minimum absolute atomic E-state index is 0.138. The summed E-state index contributed by atoms with van der Waals surface area (Å²) in [7, 11) is 0. The molecule has 0 radical (unpaired) electrons. The molecule has 3 rings (SSSR count). The van der Waals surface area contributed by atoms with E-state index < -0.39 is 0 Å². The topological polar surface area (TPSA) is 72.8 Å². The highest BCUT2D eigenvalue weighted by atomic mass is 32.1. The van der Waals surface area contributed by atoms with E-state index in [1.807, 2.05) is 24.3 Å². The number of halogens is 1. The van der Waals surface area contributed by atoms with Crippen molar-refractivity contribution >= 4 is 28.7 Å². The number of ether oxygens (including phenoxy) is 2. The first kappa shape index (κ1) is 20.5. The first-order valence-electron chi connectivity index (χ1n) is 8.99. The Morgan fingerprint density at radius 2 is 2.03 bits per heavy atom. The number of hydrazone groups is 1. The van der Waals surface area contributed by atoms with Gasteiger partial charge in [-0.25, -0.2) is 9.37 Å². The van der Waals surface area contributed by atoms with Gasteiger partial charge in [-0.1, -0.05) is 24.3 Å². The number of carbonyl (C=O) groups excluding carboxylic acids is 1. The minimum Gasteiger partial charge on any atom is -0.489 e. The van der Waals surface area contributed by atoms with Crippen molar-refractivity contribution in [3.63, 3.8) is 0 Å². The van der Waals surface area contributed by atoms with Gasteiger partial charge in [0.2, 0.25) is 5.13 Å². The van der Waals surface area contributed by atoms with Crippen LogP contribution in [-0.2, 0) is 22.6 Å². The summed E-state index contributed by atoms with van der Waals surface area (Å²) in [4.78, 5) is 15.8. The summed E-state index contributed by atoms with van der Waals surface area (Å²) in [6, 6.07) is 13.6. The van der Waals surface area contributed by atoms with E-state index in [-0.39, 0.29) is 18.2 Å². The number of anilines is 1. The number of hydrogen-bond donors (Lipinski definition) is 1. The number of esters is 1. The van der Waals surface area contributed by atoms with Gasteiger partial charge in [0.1, 0.15) is 18.2 Å². The van der Waals surface area contributed by atoms with E-state index >= 15 is 0 Å². The molecule has 0 saturated carbocycles. The predicted octanol–water partition coefficient (Wildman–Crippen LogP) is 4.41. The largest absolute Gasteiger partial charge is 0.489 e. The molecule has 3 aromatic rings. The van der Waals surface area contributed by atoms with E-state index in [0.717, 1.165) is 11.1 Å². The van der Waals surface area contributed by atoms with Crippen LogP contribution in [0.15, 0.2) is 59.0 Å². The summed E-state index contributed by atoms with van der Waals surface area (Å²) < 4.78 is 23.6. The molecule has 0 bridgehead atoms. The summed E-state index contributed by atoms with van der Waals surface area (Å²) in [6.07, 6.45) is 1.81. The number of aromatic nitrogens is 1. The van der Waals surface area contributed by atoms with Crippen molar-refractivity contribution in [2.45, 2.75) is 20.0 Å². The highest BCUT2D eigenvalue weighted by Gasteiger charge is 2.08. The lowest BCUT2D eigenvalue weighted by Gasteiger charge is -2.08. The van der Waals surface area contributed by atoms with Gasteiger partial charge in [0.05, 0.1) is 24.9 Å². The van der Waals surface area contributed by atoms with Gasteiger partial charge in [0, 0.05) is 10.9 Å². The van der Waals surface area contributed by atoms with E-state index in [0.29, 0.717) is 29.8 Å². The summed E-state index contributed by atoms with van der Waals surface area (Å²) >= 11 is 1.36. The Morgan fingerprint density at radius 1 is 1.24 bits per heavy atom. The number of carbonyl (C=O) groups is 1. The van der Waals surface area contributed by atoms with Gasteiger partial charge < -0.3 is 9.47 Å². The molecule has 1 heterocycles. The number of benzene rings is 2. The van der Waals surface area contributed by atoms with Gasteiger partial charge >= 0.3 is 5.97 Å². The van der Waals surface area contributed by atoms with E-state index in [9.17, 15) is 9.18 Å². The number of rotatable bonds is 9. The molecule has 2 aromatic carbocycles. The summed E-state index contributed by atoms with van der Waals surface area (Å²) in [5.74, 6) is -0.0142. The fraction of sp³-hybridized carbons (Fsp3) is 0.190. The first-order chi connectivity index (χ1) is 14.1. The second-order valence-electron chi connectivity index (χ2n) is 5.94. The fourth-order valence-corrected chi connectivity index (χ4v) is 3.10. The summed E-state index contributed by atoms with van der Waals surface area (Å²) in [5.41, 5.74) is 5.32. The average molecular weight is 413 g/mol. The zero-order valence-electron chi connectivity index (χ0n) is 15.8. The molecule has 8 heteroatoms. The Labute approximate surface area is 172 Å². The number of thiazole rings is 1. The van der Waals surface area contributed by atoms with Crippen LogP contribution in [0.25, 0.3) is 0 Å². The molecule has 0 atom stereocenters. The Hall–Kier alpha value is -3.26. The van der Waals surface area contributed by atoms with Crippen LogP contribution in [0.2, 0.25) is 0 Å². The Balaban J connectivity index is 1.57. The molecule has 0 spiro atoms. The molecular weight excluding hydrogens is 393 g/mol. The number of nitrogens with one attached hydrogen (secondary N) is 1. The minimum atomic E-state index is -0.303. The molecule has 0 aliphatic carbocycles. The monoisotopic (exact) mass is 413 g/mol. The lowest BCUT2D eigenvalue weighted by Crippen LogP contribution is -2.07. The number of hydrogen-bond acceptors (Lipinski definition) is 7. The van der Waals surface area contributed by atoms with Crippen molar-refractivity contribution in [3.05, 3.63) is 76.5 Å². The quantitative estimate of drug-likeness (QED) is 0.320. The second-order valence-corrected chi connectivity index (χ2v) is 6.80. The van der Waals surface area contributed by atoms with Crippen LogP contribution in [0.4, 0.5) is 9.52 Å². The third kappa shape index (κ3) is 6.39. The standard InChI is InChI=1S/C21H20FN3O3S/c1-2-27-20(26)11-18-14-29-21(24-18)25-23-12-15-5-3-4-6-16(15)13-28-19-9-7-17(22)8-10-19/h3-10,12,14H,2,11,13H2,1H3,(H,24,25). The van der Waals surface area contributed by atoms with E-state index in [1.54, 1.807) is 30.7 Å². The maximum absolute atomic E-state index is 13.0. The zero-order valence-corrected chi connectivity index (χ0v) is 16.6. The second kappa shape index (κ2) is 10.3. The lowest BCUT2D eigenvalue weighted by molar-refractivity contribution is -0.142. The molecule has 150 valence electrons. The van der Waals surface area contributed by atoms with E-state index in [2.05, 4.69) is 15.5 Å². The summed E-state index contributed by atoms with van der Waals surface area (Å²) in [5, 5.41) is 6.59. The fourth-order valence-electron chi connectivity index (χ4n) is 2.44. The molecule has 1 aromatic heterocycles. The Bertz CT molecular complexity index is 973. The molecule has 0 aliphatic rings. The van der Waals surface area contributed by atoms with E-state index in [4.69, 9.17) is 9.47 Å². The predicted molar refractivity (Wildman–Crippen MR) is 111 cm³/mol. The Kier molecular flexibility index (Phi) is 7.29. The van der Waals surface area contributed by atoms with Gasteiger partial charge in [0.15, 0.2) is 0 Å². The van der Waals surface area contributed by atoms with E-state index in [1.165, 1.54) is 23.5 Å². The molecule has 0 amide bonds. The van der Waals surface area contributed by atoms with Crippen molar-refractivity contribution in [1.82, 2.24) is 4.98 Å². The van der Waals surface area contributed by atoms with Crippen LogP contribution in [0.5, 0.6) is 5.75 Å². The van der Waals surface area contributed by atoms with Gasteiger partial charge in [0.25, 0.3) is 0 Å².